The summed E-state index contributed by atoms with van der Waals surface area (Å²) in [7, 11) is 1.58. The Labute approximate surface area is 97.8 Å². The summed E-state index contributed by atoms with van der Waals surface area (Å²) in [5, 5.41) is 8.90. The van der Waals surface area contributed by atoms with Crippen LogP contribution in [0.1, 0.15) is 11.6 Å². The molecule has 0 radical (unpaired) electrons. The molecule has 0 fully saturated rings. The van der Waals surface area contributed by atoms with E-state index in [-0.39, 0.29) is 19.0 Å². The summed E-state index contributed by atoms with van der Waals surface area (Å²) in [4.78, 5) is 0. The van der Waals surface area contributed by atoms with E-state index in [1.807, 2.05) is 18.2 Å². The Morgan fingerprint density at radius 2 is 2.21 bits per heavy atom. The van der Waals surface area contributed by atoms with Gasteiger partial charge in [-0.2, -0.15) is 0 Å². The van der Waals surface area contributed by atoms with Crippen LogP contribution in [0.2, 0.25) is 0 Å². The van der Waals surface area contributed by atoms with Crippen molar-refractivity contribution in [3.8, 4) is 5.75 Å². The summed E-state index contributed by atoms with van der Waals surface area (Å²) in [5.41, 5.74) is 6.49. The van der Waals surface area contributed by atoms with Crippen LogP contribution >= 0.6 is 28.3 Å². The van der Waals surface area contributed by atoms with Crippen molar-refractivity contribution in [2.24, 2.45) is 5.73 Å². The third-order valence-corrected chi connectivity index (χ3v) is 2.28. The number of hydrogen-bond acceptors (Lipinski definition) is 3. The Morgan fingerprint density at radius 1 is 1.57 bits per heavy atom. The van der Waals surface area contributed by atoms with Gasteiger partial charge in [-0.05, 0) is 18.2 Å². The van der Waals surface area contributed by atoms with Gasteiger partial charge in [-0.25, -0.2) is 0 Å². The molecule has 80 valence electrons. The fraction of sp³-hybridized carbons (Fsp3) is 0.333. The highest BCUT2D eigenvalue weighted by atomic mass is 79.9. The van der Waals surface area contributed by atoms with E-state index in [0.29, 0.717) is 5.75 Å². The molecule has 0 aromatic heterocycles. The van der Waals surface area contributed by atoms with E-state index in [0.717, 1.165) is 10.0 Å². The van der Waals surface area contributed by atoms with Crippen LogP contribution in [0.5, 0.6) is 5.75 Å². The zero-order chi connectivity index (χ0) is 9.84. The molecule has 3 nitrogen and oxygen atoms in total. The molecule has 1 rings (SSSR count). The average molecular weight is 283 g/mol. The van der Waals surface area contributed by atoms with Crippen LogP contribution in [0.3, 0.4) is 0 Å². The SMILES string of the molecule is COc1ccc(Br)cc1[C@H](N)CO.Cl. The molecule has 1 atom stereocenters. The molecule has 3 N–H and O–H groups in total. The maximum Gasteiger partial charge on any atom is 0.123 e. The van der Waals surface area contributed by atoms with Gasteiger partial charge in [0.25, 0.3) is 0 Å². The number of aliphatic hydroxyl groups is 1. The van der Waals surface area contributed by atoms with Crippen molar-refractivity contribution in [2.45, 2.75) is 6.04 Å². The number of methoxy groups -OCH3 is 1. The van der Waals surface area contributed by atoms with Gasteiger partial charge in [0.05, 0.1) is 19.8 Å². The van der Waals surface area contributed by atoms with E-state index >= 15 is 0 Å². The maximum absolute atomic E-state index is 8.90. The molecule has 0 aliphatic rings. The van der Waals surface area contributed by atoms with Crippen molar-refractivity contribution in [2.75, 3.05) is 13.7 Å². The summed E-state index contributed by atoms with van der Waals surface area (Å²) >= 11 is 3.33. The van der Waals surface area contributed by atoms with Gasteiger partial charge in [-0.15, -0.1) is 12.4 Å². The van der Waals surface area contributed by atoms with Crippen molar-refractivity contribution in [1.29, 1.82) is 0 Å². The third kappa shape index (κ3) is 3.13. The zero-order valence-electron chi connectivity index (χ0n) is 7.74. The Kier molecular flexibility index (Phi) is 6.11. The highest BCUT2D eigenvalue weighted by Crippen LogP contribution is 2.26. The highest BCUT2D eigenvalue weighted by Gasteiger charge is 2.10. The van der Waals surface area contributed by atoms with Gasteiger partial charge in [0.2, 0.25) is 0 Å². The smallest absolute Gasteiger partial charge is 0.123 e. The molecule has 0 saturated heterocycles. The van der Waals surface area contributed by atoms with E-state index in [4.69, 9.17) is 15.6 Å². The zero-order valence-corrected chi connectivity index (χ0v) is 10.1. The first-order chi connectivity index (χ1) is 6.19. The van der Waals surface area contributed by atoms with Crippen molar-refractivity contribution < 1.29 is 9.84 Å². The molecule has 0 amide bonds. The number of hydrogen-bond donors (Lipinski definition) is 2. The van der Waals surface area contributed by atoms with Crippen molar-refractivity contribution in [1.82, 2.24) is 0 Å². The lowest BCUT2D eigenvalue weighted by Gasteiger charge is -2.13. The topological polar surface area (TPSA) is 55.5 Å². The molecule has 14 heavy (non-hydrogen) atoms. The van der Waals surface area contributed by atoms with Crippen molar-refractivity contribution in [3.63, 3.8) is 0 Å². The monoisotopic (exact) mass is 281 g/mol. The van der Waals surface area contributed by atoms with Crippen LogP contribution < -0.4 is 10.5 Å². The number of aliphatic hydroxyl groups excluding tert-OH is 1. The molecule has 0 heterocycles. The van der Waals surface area contributed by atoms with Crippen LogP contribution in [-0.2, 0) is 0 Å². The predicted octanol–water partition coefficient (Wildman–Crippen LogP) is 1.87. The molecule has 1 aromatic rings. The van der Waals surface area contributed by atoms with Gasteiger partial charge in [-0.1, -0.05) is 15.9 Å². The summed E-state index contributed by atoms with van der Waals surface area (Å²) < 4.78 is 6.03. The minimum Gasteiger partial charge on any atom is -0.496 e. The lowest BCUT2D eigenvalue weighted by Crippen LogP contribution is -2.15. The maximum atomic E-state index is 8.90. The fourth-order valence-electron chi connectivity index (χ4n) is 1.09. The normalized spacial score (nSPS) is 11.7. The van der Waals surface area contributed by atoms with Gasteiger partial charge >= 0.3 is 0 Å². The van der Waals surface area contributed by atoms with Crippen LogP contribution in [-0.4, -0.2) is 18.8 Å². The van der Waals surface area contributed by atoms with Crippen LogP contribution in [0.4, 0.5) is 0 Å². The molecule has 0 unspecified atom stereocenters. The standard InChI is InChI=1S/C9H12BrNO2.ClH/c1-13-9-3-2-6(10)4-7(9)8(11)5-12;/h2-4,8,12H,5,11H2,1H3;1H/t8-;/m1./s1. The van der Waals surface area contributed by atoms with Crippen LogP contribution in [0.25, 0.3) is 0 Å². The molecule has 5 heteroatoms. The first-order valence-corrected chi connectivity index (χ1v) is 4.68. The lowest BCUT2D eigenvalue weighted by molar-refractivity contribution is 0.264. The lowest BCUT2D eigenvalue weighted by atomic mass is 10.1. The molecule has 0 aliphatic carbocycles. The molecule has 0 saturated carbocycles. The van der Waals surface area contributed by atoms with Crippen molar-refractivity contribution >= 4 is 28.3 Å². The Morgan fingerprint density at radius 3 is 2.71 bits per heavy atom. The van der Waals surface area contributed by atoms with E-state index in [9.17, 15) is 0 Å². The summed E-state index contributed by atoms with van der Waals surface area (Å²) in [6.45, 7) is -0.0905. The van der Waals surface area contributed by atoms with Crippen LogP contribution in [0.15, 0.2) is 22.7 Å². The Balaban J connectivity index is 0.00000169. The third-order valence-electron chi connectivity index (χ3n) is 1.79. The summed E-state index contributed by atoms with van der Waals surface area (Å²) in [5.74, 6) is 0.699. The highest BCUT2D eigenvalue weighted by molar-refractivity contribution is 9.10. The quantitative estimate of drug-likeness (QED) is 0.890. The van der Waals surface area contributed by atoms with Gasteiger partial charge in [-0.3, -0.25) is 0 Å². The molecular formula is C9H13BrClNO2. The van der Waals surface area contributed by atoms with E-state index in [2.05, 4.69) is 15.9 Å². The summed E-state index contributed by atoms with van der Waals surface area (Å²) in [6.07, 6.45) is 0. The van der Waals surface area contributed by atoms with Gasteiger partial charge in [0, 0.05) is 10.0 Å². The first-order valence-electron chi connectivity index (χ1n) is 3.89. The minimum atomic E-state index is -0.396. The fourth-order valence-corrected chi connectivity index (χ4v) is 1.47. The van der Waals surface area contributed by atoms with Gasteiger partial charge in [0.1, 0.15) is 5.75 Å². The first kappa shape index (κ1) is 13.7. The molecule has 0 aliphatic heterocycles. The van der Waals surface area contributed by atoms with E-state index < -0.39 is 6.04 Å². The Bertz CT molecular complexity index is 296. The second-order valence-electron chi connectivity index (χ2n) is 2.68. The number of nitrogens with two attached hydrogens (primary N) is 1. The molecular weight excluding hydrogens is 269 g/mol. The molecule has 0 bridgehead atoms. The number of halogens is 2. The van der Waals surface area contributed by atoms with E-state index in [1.54, 1.807) is 7.11 Å². The predicted molar refractivity (Wildman–Crippen MR) is 62.0 cm³/mol. The minimum absolute atomic E-state index is 0. The van der Waals surface area contributed by atoms with Crippen molar-refractivity contribution in [3.05, 3.63) is 28.2 Å². The largest absolute Gasteiger partial charge is 0.496 e. The van der Waals surface area contributed by atoms with Crippen LogP contribution in [0, 0.1) is 0 Å². The second-order valence-corrected chi connectivity index (χ2v) is 3.59. The second kappa shape index (κ2) is 6.24. The average Bonchev–Trinajstić information content (AvgIpc) is 2.16. The molecule has 1 aromatic carbocycles. The Hall–Kier alpha value is -0.290. The number of ether oxygens (including phenoxy) is 1. The molecule has 0 spiro atoms. The number of benzene rings is 1. The van der Waals surface area contributed by atoms with E-state index in [1.165, 1.54) is 0 Å². The van der Waals surface area contributed by atoms with Gasteiger partial charge in [0.15, 0.2) is 0 Å². The number of rotatable bonds is 3. The van der Waals surface area contributed by atoms with Gasteiger partial charge < -0.3 is 15.6 Å². The summed E-state index contributed by atoms with van der Waals surface area (Å²) in [6, 6.07) is 5.13.